The molecule has 0 saturated heterocycles. The maximum Gasteiger partial charge on any atom is 0.416 e. The topological polar surface area (TPSA) is 157 Å². The third-order valence-electron chi connectivity index (χ3n) is 11.2. The number of nitrogens with one attached hydrogen (secondary N) is 2. The smallest absolute Gasteiger partial charge is 0.399 e. The summed E-state index contributed by atoms with van der Waals surface area (Å²) >= 11 is 1.58. The molecule has 8 rings (SSSR count). The number of rotatable bonds is 12. The van der Waals surface area contributed by atoms with Crippen LogP contribution in [0.1, 0.15) is 47.2 Å². The number of hydrogen-bond donors (Lipinski definition) is 4. The summed E-state index contributed by atoms with van der Waals surface area (Å²) in [4.78, 5) is 60.6. The number of carbonyl (C=O) groups excluding carboxylic acids is 4. The highest BCUT2D eigenvalue weighted by Gasteiger charge is 2.46. The predicted octanol–water partition coefficient (Wildman–Crippen LogP) is 7.84. The number of halogens is 6. The van der Waals surface area contributed by atoms with E-state index in [9.17, 15) is 45.5 Å². The molecule has 0 bridgehead atoms. The predicted molar refractivity (Wildman–Crippen MR) is 226 cm³/mol. The third-order valence-corrected chi connectivity index (χ3v) is 12.4. The number of nitrogen functional groups attached to an aromatic ring is 2. The highest BCUT2D eigenvalue weighted by atomic mass is 32.2. The molecule has 2 atom stereocenters. The van der Waals surface area contributed by atoms with Gasteiger partial charge in [-0.3, -0.25) is 19.4 Å². The fourth-order valence-electron chi connectivity index (χ4n) is 8.24. The highest BCUT2D eigenvalue weighted by molar-refractivity contribution is 7.99. The molecule has 0 saturated carbocycles. The number of urea groups is 2. The van der Waals surface area contributed by atoms with Gasteiger partial charge in [-0.25, -0.2) is 9.59 Å². The van der Waals surface area contributed by atoms with Gasteiger partial charge in [0, 0.05) is 24.5 Å². The number of nitrogens with zero attached hydrogens (tertiary/aromatic N) is 4. The molecule has 6 N–H and O–H groups in total. The first-order chi connectivity index (χ1) is 30.0. The SMILES string of the molecule is Nc1ccc(C2NC(=O)N(c3cccc(C(F)(F)F)c3)C3=C2C(=O)N(CCCSCCCN2CC4=C(C2=O)C(c2ccc(N)cc2)NC(=O)N4c2cccc(C(F)(F)F)c2)C3)cc1. The van der Waals surface area contributed by atoms with E-state index in [1.165, 1.54) is 24.3 Å². The Morgan fingerprint density at radius 3 is 1.32 bits per heavy atom. The van der Waals surface area contributed by atoms with Crippen LogP contribution in [0.3, 0.4) is 0 Å². The van der Waals surface area contributed by atoms with E-state index in [-0.39, 0.29) is 71.9 Å². The van der Waals surface area contributed by atoms with E-state index in [4.69, 9.17) is 11.5 Å². The van der Waals surface area contributed by atoms with Gasteiger partial charge < -0.3 is 31.9 Å². The van der Waals surface area contributed by atoms with E-state index < -0.39 is 47.6 Å². The Bertz CT molecular complexity index is 2360. The van der Waals surface area contributed by atoms with E-state index in [0.717, 1.165) is 34.1 Å². The minimum atomic E-state index is -4.66. The number of thioether (sulfide) groups is 1. The number of anilines is 4. The molecule has 0 radical (unpaired) electrons. The molecule has 0 aromatic heterocycles. The molecule has 0 spiro atoms. The third kappa shape index (κ3) is 8.61. The van der Waals surface area contributed by atoms with E-state index in [1.54, 1.807) is 70.1 Å². The number of alkyl halides is 6. The molecule has 4 aliphatic rings. The molecule has 6 amide bonds. The first-order valence-electron chi connectivity index (χ1n) is 19.9. The van der Waals surface area contributed by atoms with E-state index in [2.05, 4.69) is 10.6 Å². The number of hydrogen-bond acceptors (Lipinski definition) is 7. The summed E-state index contributed by atoms with van der Waals surface area (Å²) in [6.45, 7) is 0.570. The normalized spacial score (nSPS) is 19.2. The van der Waals surface area contributed by atoms with Crippen molar-refractivity contribution in [2.24, 2.45) is 0 Å². The minimum Gasteiger partial charge on any atom is -0.399 e. The van der Waals surface area contributed by atoms with Crippen LogP contribution in [0, 0.1) is 0 Å². The standard InChI is InChI=1S/C44H40F6N8O4S/c45-43(46,47)27-5-1-7-31(21-27)57-33-23-55(39(59)35(33)37(53-41(57)61)25-9-13-29(51)14-10-25)17-3-19-63-20-4-18-56-24-34-36(40(56)60)38(26-11-15-30(52)16-12-26)54-42(62)58(34)32-8-2-6-28(22-32)44(48,49)50/h1-2,5-16,21-22,37-38H,3-4,17-20,23-24,51-52H2,(H,53,61)(H,54,62). The largest absolute Gasteiger partial charge is 0.416 e. The van der Waals surface area contributed by atoms with E-state index >= 15 is 0 Å². The van der Waals surface area contributed by atoms with Gasteiger partial charge in [0.25, 0.3) is 11.8 Å². The van der Waals surface area contributed by atoms with Crippen molar-refractivity contribution in [3.05, 3.63) is 142 Å². The molecule has 4 aliphatic heterocycles. The van der Waals surface area contributed by atoms with Crippen molar-refractivity contribution in [1.82, 2.24) is 20.4 Å². The summed E-state index contributed by atoms with van der Waals surface area (Å²) in [6, 6.07) is 18.9. The highest BCUT2D eigenvalue weighted by Crippen LogP contribution is 2.42. The van der Waals surface area contributed by atoms with Crippen LogP contribution in [0.2, 0.25) is 0 Å². The summed E-state index contributed by atoms with van der Waals surface area (Å²) in [5.41, 5.74) is 13.0. The lowest BCUT2D eigenvalue weighted by molar-refractivity contribution is -0.138. The Hall–Kier alpha value is -6.63. The molecule has 19 heteroatoms. The average Bonchev–Trinajstić information content (AvgIpc) is 3.74. The molecular weight excluding hydrogens is 851 g/mol. The molecule has 0 aliphatic carbocycles. The molecule has 4 aromatic rings. The quantitative estimate of drug-likeness (QED) is 0.0642. The Morgan fingerprint density at radius 2 is 0.952 bits per heavy atom. The van der Waals surface area contributed by atoms with Crippen molar-refractivity contribution in [2.45, 2.75) is 37.3 Å². The summed E-state index contributed by atoms with van der Waals surface area (Å²) in [5.74, 6) is 0.492. The van der Waals surface area contributed by atoms with Gasteiger partial charge in [0.2, 0.25) is 0 Å². The number of benzene rings is 4. The van der Waals surface area contributed by atoms with Crippen LogP contribution in [0.25, 0.3) is 0 Å². The zero-order chi connectivity index (χ0) is 44.8. The maximum absolute atomic E-state index is 14.0. The Morgan fingerprint density at radius 1 is 0.571 bits per heavy atom. The molecule has 4 aromatic carbocycles. The van der Waals surface area contributed by atoms with Crippen LogP contribution in [0.4, 0.5) is 58.7 Å². The first kappa shape index (κ1) is 43.0. The summed E-state index contributed by atoms with van der Waals surface area (Å²) in [5, 5.41) is 5.61. The van der Waals surface area contributed by atoms with Gasteiger partial charge in [-0.05, 0) is 96.1 Å². The summed E-state index contributed by atoms with van der Waals surface area (Å²) in [6.07, 6.45) is -8.24. The lowest BCUT2D eigenvalue weighted by atomic mass is 9.95. The molecule has 4 heterocycles. The summed E-state index contributed by atoms with van der Waals surface area (Å²) in [7, 11) is 0. The van der Waals surface area contributed by atoms with Crippen LogP contribution in [0.15, 0.2) is 120 Å². The molecule has 2 unspecified atom stereocenters. The van der Waals surface area contributed by atoms with Gasteiger partial charge in [-0.1, -0.05) is 36.4 Å². The Labute approximate surface area is 361 Å². The number of amides is 6. The average molecular weight is 891 g/mol. The lowest BCUT2D eigenvalue weighted by Crippen LogP contribution is -2.47. The second-order valence-corrected chi connectivity index (χ2v) is 16.6. The molecule has 63 heavy (non-hydrogen) atoms. The van der Waals surface area contributed by atoms with Gasteiger partial charge >= 0.3 is 24.4 Å². The van der Waals surface area contributed by atoms with Gasteiger partial charge in [-0.2, -0.15) is 38.1 Å². The Balaban J connectivity index is 0.910. The molecule has 328 valence electrons. The number of carbonyl (C=O) groups is 4. The van der Waals surface area contributed by atoms with E-state index in [0.29, 0.717) is 46.8 Å². The van der Waals surface area contributed by atoms with Crippen molar-refractivity contribution in [1.29, 1.82) is 0 Å². The Kier molecular flexibility index (Phi) is 11.6. The van der Waals surface area contributed by atoms with Crippen LogP contribution >= 0.6 is 11.8 Å². The first-order valence-corrected chi connectivity index (χ1v) is 21.0. The zero-order valence-corrected chi connectivity index (χ0v) is 34.1. The molecule has 12 nitrogen and oxygen atoms in total. The molecular formula is C44H40F6N8O4S. The fraction of sp³-hybridized carbons (Fsp3) is 0.273. The van der Waals surface area contributed by atoms with Gasteiger partial charge in [0.1, 0.15) is 0 Å². The minimum absolute atomic E-state index is 0.00501. The van der Waals surface area contributed by atoms with Crippen LogP contribution in [0.5, 0.6) is 0 Å². The van der Waals surface area contributed by atoms with Gasteiger partial charge in [0.15, 0.2) is 0 Å². The monoisotopic (exact) mass is 890 g/mol. The maximum atomic E-state index is 14.0. The van der Waals surface area contributed by atoms with Crippen LogP contribution in [-0.4, -0.2) is 71.4 Å². The van der Waals surface area contributed by atoms with Crippen molar-refractivity contribution < 1.29 is 45.5 Å². The lowest BCUT2D eigenvalue weighted by Gasteiger charge is -2.34. The van der Waals surface area contributed by atoms with Crippen LogP contribution < -0.4 is 31.9 Å². The van der Waals surface area contributed by atoms with Gasteiger partial charge in [-0.15, -0.1) is 0 Å². The van der Waals surface area contributed by atoms with Gasteiger partial charge in [0.05, 0.1) is 70.2 Å². The van der Waals surface area contributed by atoms with E-state index in [1.807, 2.05) is 0 Å². The second-order valence-electron chi connectivity index (χ2n) is 15.4. The van der Waals surface area contributed by atoms with Crippen molar-refractivity contribution in [3.8, 4) is 0 Å². The fourth-order valence-corrected chi connectivity index (χ4v) is 9.11. The van der Waals surface area contributed by atoms with Crippen LogP contribution in [-0.2, 0) is 21.9 Å². The number of nitrogens with two attached hydrogens (primary N) is 2. The van der Waals surface area contributed by atoms with Crippen molar-refractivity contribution in [3.63, 3.8) is 0 Å². The summed E-state index contributed by atoms with van der Waals surface area (Å²) < 4.78 is 82.1. The molecule has 0 fully saturated rings. The van der Waals surface area contributed by atoms with Crippen molar-refractivity contribution in [2.75, 3.05) is 59.0 Å². The van der Waals surface area contributed by atoms with Crippen molar-refractivity contribution >= 4 is 58.4 Å². The second kappa shape index (κ2) is 16.9. The zero-order valence-electron chi connectivity index (χ0n) is 33.3.